The van der Waals surface area contributed by atoms with Gasteiger partial charge >= 0.3 is 0 Å². The van der Waals surface area contributed by atoms with Gasteiger partial charge in [-0.15, -0.1) is 0 Å². The number of para-hydroxylation sites is 1. The number of nitrogens with zero attached hydrogens (tertiary/aromatic N) is 2. The number of rotatable bonds is 10. The molecule has 0 radical (unpaired) electrons. The average Bonchev–Trinajstić information content (AvgIpc) is 3.28. The molecule has 0 aliphatic carbocycles. The summed E-state index contributed by atoms with van der Waals surface area (Å²) in [6.45, 7) is 7.08. The number of carbonyl (C=O) groups is 3. The summed E-state index contributed by atoms with van der Waals surface area (Å²) in [6.07, 6.45) is -0.510. The first kappa shape index (κ1) is 29.2. The van der Waals surface area contributed by atoms with Crippen molar-refractivity contribution in [2.75, 3.05) is 24.4 Å². The highest BCUT2D eigenvalue weighted by molar-refractivity contribution is 6.03. The van der Waals surface area contributed by atoms with Gasteiger partial charge in [0, 0.05) is 35.7 Å². The van der Waals surface area contributed by atoms with Crippen molar-refractivity contribution in [2.45, 2.75) is 52.1 Å². The molecule has 0 bridgehead atoms. The number of aryl methyl sites for hydroxylation is 1. The van der Waals surface area contributed by atoms with E-state index in [9.17, 15) is 18.8 Å². The van der Waals surface area contributed by atoms with Crippen LogP contribution in [0, 0.1) is 12.7 Å². The zero-order valence-corrected chi connectivity index (χ0v) is 22.8. The van der Waals surface area contributed by atoms with Crippen LogP contribution < -0.4 is 25.0 Å². The van der Waals surface area contributed by atoms with Crippen LogP contribution in [-0.4, -0.2) is 42.6 Å². The molecule has 1 aromatic heterocycles. The number of aromatic nitrogens is 1. The SMILES string of the molecule is COc1cccc(C(C(=O)NC(C)(C)C)N(C(=O)CCC(=O)Nc2cc(C)on2)c2cccc(F)c2)c1OC. The molecule has 0 fully saturated rings. The van der Waals surface area contributed by atoms with Crippen LogP contribution >= 0.6 is 0 Å². The van der Waals surface area contributed by atoms with Crippen LogP contribution in [0.25, 0.3) is 0 Å². The Hall–Kier alpha value is -4.41. The summed E-state index contributed by atoms with van der Waals surface area (Å²) in [5, 5.41) is 9.18. The molecule has 0 aliphatic rings. The topological polar surface area (TPSA) is 123 Å². The highest BCUT2D eigenvalue weighted by Crippen LogP contribution is 2.39. The van der Waals surface area contributed by atoms with Crippen molar-refractivity contribution in [3.63, 3.8) is 0 Å². The highest BCUT2D eigenvalue weighted by atomic mass is 19.1. The lowest BCUT2D eigenvalue weighted by molar-refractivity contribution is -0.128. The molecule has 10 nitrogen and oxygen atoms in total. The number of nitrogens with one attached hydrogen (secondary N) is 2. The van der Waals surface area contributed by atoms with Crippen LogP contribution in [0.2, 0.25) is 0 Å². The van der Waals surface area contributed by atoms with Crippen molar-refractivity contribution in [3.05, 3.63) is 65.7 Å². The summed E-state index contributed by atoms with van der Waals surface area (Å²) >= 11 is 0. The number of anilines is 2. The first-order chi connectivity index (χ1) is 18.4. The Bertz CT molecular complexity index is 1330. The van der Waals surface area contributed by atoms with Gasteiger partial charge < -0.3 is 24.6 Å². The quantitative estimate of drug-likeness (QED) is 0.387. The maximum Gasteiger partial charge on any atom is 0.248 e. The lowest BCUT2D eigenvalue weighted by Crippen LogP contribution is -2.49. The fourth-order valence-electron chi connectivity index (χ4n) is 4.00. The molecule has 0 saturated heterocycles. The molecule has 39 heavy (non-hydrogen) atoms. The minimum Gasteiger partial charge on any atom is -0.493 e. The van der Waals surface area contributed by atoms with Gasteiger partial charge in [-0.25, -0.2) is 4.39 Å². The minimum atomic E-state index is -1.29. The molecule has 2 N–H and O–H groups in total. The number of hydrogen-bond acceptors (Lipinski definition) is 7. The molecule has 1 heterocycles. The van der Waals surface area contributed by atoms with E-state index < -0.39 is 35.1 Å². The smallest absolute Gasteiger partial charge is 0.248 e. The van der Waals surface area contributed by atoms with Gasteiger partial charge in [-0.1, -0.05) is 23.4 Å². The summed E-state index contributed by atoms with van der Waals surface area (Å²) in [4.78, 5) is 41.3. The molecular weight excluding hydrogens is 507 g/mol. The van der Waals surface area contributed by atoms with E-state index in [0.29, 0.717) is 17.1 Å². The van der Waals surface area contributed by atoms with Crippen LogP contribution in [0.3, 0.4) is 0 Å². The molecule has 3 rings (SSSR count). The first-order valence-corrected chi connectivity index (χ1v) is 12.3. The van der Waals surface area contributed by atoms with E-state index in [4.69, 9.17) is 14.0 Å². The van der Waals surface area contributed by atoms with Crippen molar-refractivity contribution < 1.29 is 32.8 Å². The highest BCUT2D eigenvalue weighted by Gasteiger charge is 2.37. The summed E-state index contributed by atoms with van der Waals surface area (Å²) in [5.74, 6) is -0.892. The zero-order valence-electron chi connectivity index (χ0n) is 22.8. The molecule has 3 aromatic rings. The summed E-state index contributed by atoms with van der Waals surface area (Å²) in [7, 11) is 2.88. The van der Waals surface area contributed by atoms with E-state index in [1.807, 2.05) is 0 Å². The molecule has 2 aromatic carbocycles. The van der Waals surface area contributed by atoms with E-state index >= 15 is 0 Å². The van der Waals surface area contributed by atoms with Crippen molar-refractivity contribution in [2.24, 2.45) is 0 Å². The molecule has 208 valence electrons. The zero-order chi connectivity index (χ0) is 28.7. The van der Waals surface area contributed by atoms with E-state index in [1.165, 1.54) is 37.3 Å². The molecule has 0 spiro atoms. The second-order valence-electron chi connectivity index (χ2n) is 9.84. The van der Waals surface area contributed by atoms with Crippen molar-refractivity contribution in [1.82, 2.24) is 10.5 Å². The Kier molecular flexibility index (Phi) is 9.29. The van der Waals surface area contributed by atoms with Crippen molar-refractivity contribution in [1.29, 1.82) is 0 Å². The molecule has 1 unspecified atom stereocenters. The van der Waals surface area contributed by atoms with Crippen LogP contribution in [-0.2, 0) is 14.4 Å². The number of carbonyl (C=O) groups excluding carboxylic acids is 3. The molecule has 3 amide bonds. The third kappa shape index (κ3) is 7.56. The maximum atomic E-state index is 14.4. The lowest BCUT2D eigenvalue weighted by Gasteiger charge is -2.34. The number of halogens is 1. The molecular formula is C28H33FN4O6. The van der Waals surface area contributed by atoms with Crippen LogP contribution in [0.1, 0.15) is 51.0 Å². The van der Waals surface area contributed by atoms with Crippen LogP contribution in [0.15, 0.2) is 53.1 Å². The van der Waals surface area contributed by atoms with Gasteiger partial charge in [0.2, 0.25) is 17.7 Å². The van der Waals surface area contributed by atoms with Gasteiger partial charge in [0.25, 0.3) is 0 Å². The van der Waals surface area contributed by atoms with Gasteiger partial charge in [0.15, 0.2) is 17.3 Å². The summed E-state index contributed by atoms with van der Waals surface area (Å²) in [6, 6.07) is 10.5. The van der Waals surface area contributed by atoms with Crippen molar-refractivity contribution in [3.8, 4) is 11.5 Å². The van der Waals surface area contributed by atoms with E-state index in [1.54, 1.807) is 52.0 Å². The van der Waals surface area contributed by atoms with Crippen LogP contribution in [0.4, 0.5) is 15.9 Å². The second-order valence-corrected chi connectivity index (χ2v) is 9.84. The minimum absolute atomic E-state index is 0.131. The lowest BCUT2D eigenvalue weighted by atomic mass is 9.98. The average molecular weight is 541 g/mol. The molecule has 1 atom stereocenters. The summed E-state index contributed by atoms with van der Waals surface area (Å²) in [5.41, 5.74) is -0.210. The first-order valence-electron chi connectivity index (χ1n) is 12.3. The fraction of sp³-hybridized carbons (Fsp3) is 0.357. The van der Waals surface area contributed by atoms with Crippen molar-refractivity contribution >= 4 is 29.2 Å². The number of hydrogen-bond donors (Lipinski definition) is 2. The third-order valence-corrected chi connectivity index (χ3v) is 5.55. The second kappa shape index (κ2) is 12.4. The number of amides is 3. The predicted molar refractivity (Wildman–Crippen MR) is 143 cm³/mol. The predicted octanol–water partition coefficient (Wildman–Crippen LogP) is 4.55. The van der Waals surface area contributed by atoms with E-state index in [0.717, 1.165) is 6.07 Å². The van der Waals surface area contributed by atoms with Crippen LogP contribution in [0.5, 0.6) is 11.5 Å². The maximum absolute atomic E-state index is 14.4. The Labute approximate surface area is 226 Å². The summed E-state index contributed by atoms with van der Waals surface area (Å²) < 4.78 is 30.3. The Morgan fingerprint density at radius 2 is 1.77 bits per heavy atom. The Morgan fingerprint density at radius 1 is 1.05 bits per heavy atom. The molecule has 11 heteroatoms. The van der Waals surface area contributed by atoms with Gasteiger partial charge in [-0.3, -0.25) is 19.3 Å². The molecule has 0 aliphatic heterocycles. The van der Waals surface area contributed by atoms with E-state index in [-0.39, 0.29) is 30.1 Å². The van der Waals surface area contributed by atoms with Gasteiger partial charge in [0.1, 0.15) is 17.6 Å². The normalized spacial score (nSPS) is 11.9. The third-order valence-electron chi connectivity index (χ3n) is 5.55. The molecule has 0 saturated carbocycles. The Morgan fingerprint density at radius 3 is 2.36 bits per heavy atom. The van der Waals surface area contributed by atoms with Gasteiger partial charge in [-0.05, 0) is 52.0 Å². The fourth-order valence-corrected chi connectivity index (χ4v) is 4.00. The van der Waals surface area contributed by atoms with Gasteiger partial charge in [-0.2, -0.15) is 0 Å². The van der Waals surface area contributed by atoms with Gasteiger partial charge in [0.05, 0.1) is 14.2 Å². The van der Waals surface area contributed by atoms with E-state index in [2.05, 4.69) is 15.8 Å². The Balaban J connectivity index is 2.06. The standard InChI is InChI=1S/C28H33FN4O6/c1-17-15-22(32-39-17)30-23(34)13-14-24(35)33(19-10-7-9-18(29)16-19)25(27(36)31-28(2,3)4)20-11-8-12-21(37-5)26(20)38-6/h7-12,15-16,25H,13-14H2,1-6H3,(H,31,36)(H,30,32,34). The monoisotopic (exact) mass is 540 g/mol. The number of ether oxygens (including phenoxy) is 2. The largest absolute Gasteiger partial charge is 0.493 e. The number of benzene rings is 2. The number of methoxy groups -OCH3 is 2.